The molecule has 1 amide bonds. The molecule has 4 rings (SSSR count). The number of primary amides is 1. The first-order chi connectivity index (χ1) is 14.4. The van der Waals surface area contributed by atoms with Crippen molar-refractivity contribution in [3.05, 3.63) is 82.7 Å². The molecule has 0 unspecified atom stereocenters. The van der Waals surface area contributed by atoms with Crippen molar-refractivity contribution in [1.82, 2.24) is 4.57 Å². The van der Waals surface area contributed by atoms with E-state index in [0.29, 0.717) is 10.9 Å². The minimum atomic E-state index is -1.49. The number of carbonyl (C=O) groups excluding carboxylic acids is 1. The van der Waals surface area contributed by atoms with E-state index in [9.17, 15) is 18.0 Å². The highest BCUT2D eigenvalue weighted by Gasteiger charge is 2.18. The Labute approximate surface area is 171 Å². The first-order valence-corrected chi connectivity index (χ1v) is 9.87. The van der Waals surface area contributed by atoms with Crippen molar-refractivity contribution in [1.29, 1.82) is 0 Å². The minimum absolute atomic E-state index is 0.119. The Hall–Kier alpha value is -3.28. The molecule has 0 spiro atoms. The zero-order chi connectivity index (χ0) is 21.4. The van der Waals surface area contributed by atoms with Gasteiger partial charge in [-0.05, 0) is 54.3 Å². The highest BCUT2D eigenvalue weighted by atomic mass is 19.2. The molecule has 0 fully saturated rings. The molecule has 6 heteroatoms. The Morgan fingerprint density at radius 2 is 1.70 bits per heavy atom. The molecule has 0 aliphatic heterocycles. The van der Waals surface area contributed by atoms with Gasteiger partial charge in [0, 0.05) is 28.4 Å². The number of hydrogen-bond acceptors (Lipinski definition) is 1. The molecule has 1 heterocycles. The summed E-state index contributed by atoms with van der Waals surface area (Å²) in [6, 6.07) is 13.2. The maximum absolute atomic E-state index is 13.8. The summed E-state index contributed by atoms with van der Waals surface area (Å²) in [5.41, 5.74) is 8.95. The lowest BCUT2D eigenvalue weighted by Crippen LogP contribution is -2.11. The SMILES string of the molecule is CCCCc1ccc2c3c(C(N)=O)cccc3n(Cc3cc(F)c(F)c(F)c3)c2c1. The maximum Gasteiger partial charge on any atom is 0.249 e. The van der Waals surface area contributed by atoms with Gasteiger partial charge >= 0.3 is 0 Å². The summed E-state index contributed by atoms with van der Waals surface area (Å²) in [6.07, 6.45) is 2.99. The molecule has 4 aromatic rings. The van der Waals surface area contributed by atoms with Crippen LogP contribution in [0.15, 0.2) is 48.5 Å². The van der Waals surface area contributed by atoms with Gasteiger partial charge in [-0.25, -0.2) is 13.2 Å². The fourth-order valence-corrected chi connectivity index (χ4v) is 3.98. The molecule has 0 saturated carbocycles. The summed E-state index contributed by atoms with van der Waals surface area (Å²) in [6.45, 7) is 2.24. The Bertz CT molecular complexity index is 1250. The van der Waals surface area contributed by atoms with Gasteiger partial charge in [0.1, 0.15) is 0 Å². The van der Waals surface area contributed by atoms with Crippen molar-refractivity contribution in [3.8, 4) is 0 Å². The van der Waals surface area contributed by atoms with Crippen molar-refractivity contribution in [2.45, 2.75) is 32.7 Å². The summed E-state index contributed by atoms with van der Waals surface area (Å²) in [4.78, 5) is 12.0. The van der Waals surface area contributed by atoms with E-state index in [1.807, 2.05) is 28.8 Å². The van der Waals surface area contributed by atoms with Crippen molar-refractivity contribution >= 4 is 27.7 Å². The number of aryl methyl sites for hydroxylation is 1. The molecule has 0 bridgehead atoms. The molecule has 3 nitrogen and oxygen atoms in total. The van der Waals surface area contributed by atoms with Gasteiger partial charge in [0.2, 0.25) is 5.91 Å². The number of fused-ring (bicyclic) bond motifs is 3. The van der Waals surface area contributed by atoms with E-state index >= 15 is 0 Å². The third kappa shape index (κ3) is 3.43. The van der Waals surface area contributed by atoms with E-state index in [4.69, 9.17) is 5.73 Å². The van der Waals surface area contributed by atoms with Crippen LogP contribution < -0.4 is 5.73 Å². The van der Waals surface area contributed by atoms with Crippen molar-refractivity contribution in [2.24, 2.45) is 5.73 Å². The van der Waals surface area contributed by atoms with Crippen molar-refractivity contribution in [3.63, 3.8) is 0 Å². The molecule has 2 N–H and O–H groups in total. The largest absolute Gasteiger partial charge is 0.366 e. The minimum Gasteiger partial charge on any atom is -0.366 e. The first kappa shape index (κ1) is 20.0. The highest BCUT2D eigenvalue weighted by Crippen LogP contribution is 2.33. The molecule has 0 atom stereocenters. The summed E-state index contributed by atoms with van der Waals surface area (Å²) >= 11 is 0. The number of nitrogens with two attached hydrogens (primary N) is 1. The third-order valence-electron chi connectivity index (χ3n) is 5.42. The van der Waals surface area contributed by atoms with E-state index in [1.54, 1.807) is 12.1 Å². The molecule has 0 aliphatic carbocycles. The van der Waals surface area contributed by atoms with Crippen LogP contribution in [-0.4, -0.2) is 10.5 Å². The normalized spacial score (nSPS) is 11.5. The molecule has 30 heavy (non-hydrogen) atoms. The van der Waals surface area contributed by atoms with Gasteiger partial charge in [-0.3, -0.25) is 4.79 Å². The van der Waals surface area contributed by atoms with Crippen molar-refractivity contribution in [2.75, 3.05) is 0 Å². The van der Waals surface area contributed by atoms with E-state index < -0.39 is 23.4 Å². The lowest BCUT2D eigenvalue weighted by atomic mass is 10.0. The van der Waals surface area contributed by atoms with Crippen LogP contribution in [0.5, 0.6) is 0 Å². The van der Waals surface area contributed by atoms with Crippen LogP contribution in [0.1, 0.15) is 41.3 Å². The number of halogens is 3. The average Bonchev–Trinajstić information content (AvgIpc) is 3.03. The molecule has 0 saturated heterocycles. The molecule has 1 aromatic heterocycles. The van der Waals surface area contributed by atoms with Crippen LogP contribution in [-0.2, 0) is 13.0 Å². The average molecular weight is 410 g/mol. The Morgan fingerprint density at radius 1 is 0.967 bits per heavy atom. The van der Waals surface area contributed by atoms with Gasteiger partial charge in [0.05, 0.1) is 5.52 Å². The lowest BCUT2D eigenvalue weighted by molar-refractivity contribution is 0.100. The maximum atomic E-state index is 13.8. The number of carbonyl (C=O) groups is 1. The summed E-state index contributed by atoms with van der Waals surface area (Å²) < 4.78 is 42.9. The van der Waals surface area contributed by atoms with E-state index in [2.05, 4.69) is 6.92 Å². The van der Waals surface area contributed by atoms with Gasteiger partial charge in [-0.15, -0.1) is 0 Å². The van der Waals surface area contributed by atoms with E-state index in [1.165, 1.54) is 0 Å². The molecule has 3 aromatic carbocycles. The zero-order valence-corrected chi connectivity index (χ0v) is 16.5. The van der Waals surface area contributed by atoms with Gasteiger partial charge in [-0.2, -0.15) is 0 Å². The molecule has 0 aliphatic rings. The van der Waals surface area contributed by atoms with Crippen molar-refractivity contribution < 1.29 is 18.0 Å². The van der Waals surface area contributed by atoms with Gasteiger partial charge in [0.25, 0.3) is 0 Å². The Balaban J connectivity index is 1.97. The highest BCUT2D eigenvalue weighted by molar-refractivity contribution is 6.17. The summed E-state index contributed by atoms with van der Waals surface area (Å²) in [5.74, 6) is -4.49. The quantitative estimate of drug-likeness (QED) is 0.407. The number of benzene rings is 3. The standard InChI is InChI=1S/C24H21F3N2O/c1-2-3-5-14-8-9-16-21(12-14)29(13-15-10-18(25)23(27)19(26)11-15)20-7-4-6-17(22(16)20)24(28)30/h4,6-12H,2-3,5,13H2,1H3,(H2,28,30). The predicted molar refractivity (Wildman–Crippen MR) is 112 cm³/mol. The summed E-state index contributed by atoms with van der Waals surface area (Å²) in [5, 5.41) is 1.54. The van der Waals surface area contributed by atoms with Gasteiger partial charge < -0.3 is 10.3 Å². The lowest BCUT2D eigenvalue weighted by Gasteiger charge is -2.10. The number of hydrogen-bond donors (Lipinski definition) is 1. The Morgan fingerprint density at radius 3 is 2.37 bits per heavy atom. The van der Waals surface area contributed by atoms with Gasteiger partial charge in [-0.1, -0.05) is 31.5 Å². The van der Waals surface area contributed by atoms with Crippen LogP contribution in [0.2, 0.25) is 0 Å². The van der Waals surface area contributed by atoms with Crippen LogP contribution in [0, 0.1) is 17.5 Å². The van der Waals surface area contributed by atoms with Crippen LogP contribution in [0.3, 0.4) is 0 Å². The second-order valence-corrected chi connectivity index (χ2v) is 7.48. The molecular weight excluding hydrogens is 389 g/mol. The number of unbranched alkanes of at least 4 members (excludes halogenated alkanes) is 1. The van der Waals surface area contributed by atoms with Gasteiger partial charge in [0.15, 0.2) is 17.5 Å². The molecule has 0 radical (unpaired) electrons. The Kier molecular flexibility index (Phi) is 5.24. The summed E-state index contributed by atoms with van der Waals surface area (Å²) in [7, 11) is 0. The second kappa shape index (κ2) is 7.86. The fourth-order valence-electron chi connectivity index (χ4n) is 3.98. The monoisotopic (exact) mass is 410 g/mol. The first-order valence-electron chi connectivity index (χ1n) is 9.87. The van der Waals surface area contributed by atoms with Crippen LogP contribution >= 0.6 is 0 Å². The van der Waals surface area contributed by atoms with E-state index in [0.717, 1.165) is 53.4 Å². The molecule has 154 valence electrons. The van der Waals surface area contributed by atoms with Crippen LogP contribution in [0.4, 0.5) is 13.2 Å². The fraction of sp³-hybridized carbons (Fsp3) is 0.208. The number of aromatic nitrogens is 1. The van der Waals surface area contributed by atoms with E-state index in [-0.39, 0.29) is 12.1 Å². The number of amides is 1. The smallest absolute Gasteiger partial charge is 0.249 e. The third-order valence-corrected chi connectivity index (χ3v) is 5.42. The number of rotatable bonds is 6. The predicted octanol–water partition coefficient (Wildman–Crippen LogP) is 5.70. The zero-order valence-electron chi connectivity index (χ0n) is 16.5. The molecular formula is C24H21F3N2O. The number of nitrogens with zero attached hydrogens (tertiary/aromatic N) is 1. The topological polar surface area (TPSA) is 48.0 Å². The van der Waals surface area contributed by atoms with Crippen LogP contribution in [0.25, 0.3) is 21.8 Å². The second-order valence-electron chi connectivity index (χ2n) is 7.48.